The molecule has 0 N–H and O–H groups in total. The molecule has 2 heterocycles. The Morgan fingerprint density at radius 1 is 0.914 bits per heavy atom. The van der Waals surface area contributed by atoms with E-state index in [0.717, 1.165) is 37.9 Å². The molecule has 2 fully saturated rings. The molecule has 2 amide bonds. The van der Waals surface area contributed by atoms with E-state index < -0.39 is 0 Å². The number of rotatable bonds is 8. The molecule has 0 aromatic heterocycles. The molecule has 2 saturated heterocycles. The standard InChI is InChI=1S/C29H37FN2O3/c1-2-26(23-9-5-3-6-10-23)28(34)32-19-15-29(16-20-32,21-27(33)31-17-7-4-8-18-31)22-35-25-13-11-24(30)12-14-25/h3,5-6,9-14,26H,2,4,7-8,15-22H2,1H3/t26-/m1/s1. The van der Waals surface area contributed by atoms with Crippen LogP contribution >= 0.6 is 0 Å². The van der Waals surface area contributed by atoms with Crippen molar-refractivity contribution in [2.45, 2.75) is 57.8 Å². The van der Waals surface area contributed by atoms with Gasteiger partial charge in [-0.15, -0.1) is 0 Å². The Kier molecular flexibility index (Phi) is 8.42. The van der Waals surface area contributed by atoms with Gasteiger partial charge in [-0.3, -0.25) is 9.59 Å². The zero-order chi connectivity index (χ0) is 24.7. The summed E-state index contributed by atoms with van der Waals surface area (Å²) in [6.45, 7) is 5.32. The van der Waals surface area contributed by atoms with Crippen LogP contribution in [0.2, 0.25) is 0 Å². The Bertz CT molecular complexity index is 965. The van der Waals surface area contributed by atoms with Crippen molar-refractivity contribution in [2.75, 3.05) is 32.8 Å². The SMILES string of the molecule is CC[C@@H](C(=O)N1CCC(COc2ccc(F)cc2)(CC(=O)N2CCCCC2)CC1)c1ccccc1. The van der Waals surface area contributed by atoms with E-state index in [2.05, 4.69) is 6.92 Å². The third-order valence-corrected chi connectivity index (χ3v) is 7.64. The van der Waals surface area contributed by atoms with Gasteiger partial charge < -0.3 is 14.5 Å². The molecule has 0 aliphatic carbocycles. The Morgan fingerprint density at radius 2 is 1.57 bits per heavy atom. The van der Waals surface area contributed by atoms with Gasteiger partial charge in [-0.05, 0) is 68.4 Å². The van der Waals surface area contributed by atoms with E-state index in [4.69, 9.17) is 4.74 Å². The number of benzene rings is 2. The lowest BCUT2D eigenvalue weighted by atomic mass is 9.75. The first-order chi connectivity index (χ1) is 17.0. The number of piperidine rings is 2. The van der Waals surface area contributed by atoms with Crippen molar-refractivity contribution in [3.05, 3.63) is 66.0 Å². The maximum Gasteiger partial charge on any atom is 0.230 e. The predicted octanol–water partition coefficient (Wildman–Crippen LogP) is 5.41. The quantitative estimate of drug-likeness (QED) is 0.508. The summed E-state index contributed by atoms with van der Waals surface area (Å²) in [5.74, 6) is 0.499. The average Bonchev–Trinajstić information content (AvgIpc) is 2.90. The minimum atomic E-state index is -0.339. The largest absolute Gasteiger partial charge is 0.493 e. The van der Waals surface area contributed by atoms with E-state index >= 15 is 0 Å². The van der Waals surface area contributed by atoms with Crippen LogP contribution in [0, 0.1) is 11.2 Å². The Balaban J connectivity index is 1.44. The molecule has 0 radical (unpaired) electrons. The third-order valence-electron chi connectivity index (χ3n) is 7.64. The van der Waals surface area contributed by atoms with Gasteiger partial charge in [0, 0.05) is 38.0 Å². The zero-order valence-electron chi connectivity index (χ0n) is 20.8. The van der Waals surface area contributed by atoms with Crippen LogP contribution in [0.4, 0.5) is 4.39 Å². The second kappa shape index (κ2) is 11.7. The molecular weight excluding hydrogens is 443 g/mol. The number of ether oxygens (including phenoxy) is 1. The summed E-state index contributed by atoms with van der Waals surface area (Å²) in [6.07, 6.45) is 5.91. The molecule has 35 heavy (non-hydrogen) atoms. The normalized spacial score (nSPS) is 18.7. The molecule has 2 aromatic carbocycles. The lowest BCUT2D eigenvalue weighted by Gasteiger charge is -2.43. The lowest BCUT2D eigenvalue weighted by Crippen LogP contribution is -2.49. The lowest BCUT2D eigenvalue weighted by molar-refractivity contribution is -0.139. The Labute approximate surface area is 208 Å². The van der Waals surface area contributed by atoms with Crippen molar-refractivity contribution in [3.8, 4) is 5.75 Å². The summed E-state index contributed by atoms with van der Waals surface area (Å²) < 4.78 is 19.4. The van der Waals surface area contributed by atoms with E-state index in [0.29, 0.717) is 44.7 Å². The van der Waals surface area contributed by atoms with Crippen molar-refractivity contribution in [1.29, 1.82) is 0 Å². The number of nitrogens with zero attached hydrogens (tertiary/aromatic N) is 2. The highest BCUT2D eigenvalue weighted by Crippen LogP contribution is 2.38. The van der Waals surface area contributed by atoms with Gasteiger partial charge in [0.05, 0.1) is 12.5 Å². The second-order valence-electron chi connectivity index (χ2n) is 10.1. The molecule has 0 unspecified atom stereocenters. The molecule has 0 saturated carbocycles. The topological polar surface area (TPSA) is 49.9 Å². The highest BCUT2D eigenvalue weighted by atomic mass is 19.1. The van der Waals surface area contributed by atoms with Crippen molar-refractivity contribution in [2.24, 2.45) is 5.41 Å². The number of amides is 2. The molecule has 188 valence electrons. The fourth-order valence-corrected chi connectivity index (χ4v) is 5.38. The number of likely N-dealkylation sites (tertiary alicyclic amines) is 2. The predicted molar refractivity (Wildman–Crippen MR) is 135 cm³/mol. The smallest absolute Gasteiger partial charge is 0.230 e. The van der Waals surface area contributed by atoms with Crippen molar-refractivity contribution < 1.29 is 18.7 Å². The number of halogens is 1. The average molecular weight is 481 g/mol. The van der Waals surface area contributed by atoms with Crippen LogP contribution in [0.25, 0.3) is 0 Å². The Hall–Kier alpha value is -2.89. The molecule has 2 aliphatic heterocycles. The van der Waals surface area contributed by atoms with Crippen LogP contribution in [-0.4, -0.2) is 54.4 Å². The van der Waals surface area contributed by atoms with Gasteiger partial charge in [-0.2, -0.15) is 0 Å². The minimum absolute atomic E-state index is 0.144. The summed E-state index contributed by atoms with van der Waals surface area (Å²) in [5, 5.41) is 0. The molecule has 2 aromatic rings. The summed E-state index contributed by atoms with van der Waals surface area (Å²) in [6, 6.07) is 16.0. The van der Waals surface area contributed by atoms with E-state index in [1.807, 2.05) is 40.1 Å². The molecule has 4 rings (SSSR count). The number of carbonyl (C=O) groups excluding carboxylic acids is 2. The first-order valence-corrected chi connectivity index (χ1v) is 13.0. The van der Waals surface area contributed by atoms with Crippen LogP contribution in [-0.2, 0) is 9.59 Å². The van der Waals surface area contributed by atoms with E-state index in [-0.39, 0.29) is 29.0 Å². The fraction of sp³-hybridized carbons (Fsp3) is 0.517. The summed E-state index contributed by atoms with van der Waals surface area (Å²) in [5.41, 5.74) is 0.713. The van der Waals surface area contributed by atoms with Gasteiger partial charge in [0.25, 0.3) is 0 Å². The van der Waals surface area contributed by atoms with Crippen LogP contribution in [0.15, 0.2) is 54.6 Å². The van der Waals surface area contributed by atoms with Gasteiger partial charge in [-0.1, -0.05) is 37.3 Å². The molecule has 5 nitrogen and oxygen atoms in total. The molecule has 6 heteroatoms. The first-order valence-electron chi connectivity index (χ1n) is 13.0. The van der Waals surface area contributed by atoms with E-state index in [1.165, 1.54) is 18.6 Å². The van der Waals surface area contributed by atoms with Gasteiger partial charge >= 0.3 is 0 Å². The summed E-state index contributed by atoms with van der Waals surface area (Å²) in [4.78, 5) is 30.6. The van der Waals surface area contributed by atoms with Crippen LogP contribution in [0.1, 0.15) is 63.4 Å². The first kappa shape index (κ1) is 25.2. The van der Waals surface area contributed by atoms with Crippen LogP contribution < -0.4 is 4.74 Å². The number of carbonyl (C=O) groups is 2. The third kappa shape index (κ3) is 6.41. The van der Waals surface area contributed by atoms with Gasteiger partial charge in [-0.25, -0.2) is 4.39 Å². The second-order valence-corrected chi connectivity index (χ2v) is 10.1. The zero-order valence-corrected chi connectivity index (χ0v) is 20.8. The minimum Gasteiger partial charge on any atom is -0.493 e. The highest BCUT2D eigenvalue weighted by Gasteiger charge is 2.40. The fourth-order valence-electron chi connectivity index (χ4n) is 5.38. The van der Waals surface area contributed by atoms with E-state index in [1.54, 1.807) is 12.1 Å². The van der Waals surface area contributed by atoms with Crippen molar-refractivity contribution >= 4 is 11.8 Å². The van der Waals surface area contributed by atoms with Crippen LogP contribution in [0.5, 0.6) is 5.75 Å². The maximum absolute atomic E-state index is 13.4. The summed E-state index contributed by atoms with van der Waals surface area (Å²) >= 11 is 0. The highest BCUT2D eigenvalue weighted by molar-refractivity contribution is 5.84. The molecular formula is C29H37FN2O3. The molecule has 0 bridgehead atoms. The number of hydrogen-bond donors (Lipinski definition) is 0. The summed E-state index contributed by atoms with van der Waals surface area (Å²) in [7, 11) is 0. The number of hydrogen-bond acceptors (Lipinski definition) is 3. The molecule has 2 aliphatic rings. The van der Waals surface area contributed by atoms with Crippen LogP contribution in [0.3, 0.4) is 0 Å². The molecule has 0 spiro atoms. The van der Waals surface area contributed by atoms with Gasteiger partial charge in [0.2, 0.25) is 11.8 Å². The van der Waals surface area contributed by atoms with E-state index in [9.17, 15) is 14.0 Å². The maximum atomic E-state index is 13.4. The van der Waals surface area contributed by atoms with Crippen molar-refractivity contribution in [1.82, 2.24) is 9.80 Å². The Morgan fingerprint density at radius 3 is 2.20 bits per heavy atom. The van der Waals surface area contributed by atoms with Gasteiger partial charge in [0.15, 0.2) is 0 Å². The van der Waals surface area contributed by atoms with Gasteiger partial charge in [0.1, 0.15) is 11.6 Å². The monoisotopic (exact) mass is 480 g/mol. The van der Waals surface area contributed by atoms with Crippen molar-refractivity contribution in [3.63, 3.8) is 0 Å². The molecule has 1 atom stereocenters.